The Hall–Kier alpha value is -0.650. The molecule has 1 saturated carbocycles. The third-order valence-corrected chi connectivity index (χ3v) is 3.22. The van der Waals surface area contributed by atoms with Crippen molar-refractivity contribution in [3.05, 3.63) is 0 Å². The first kappa shape index (κ1) is 12.4. The molecule has 0 spiro atoms. The number of hydrogen-bond donors (Lipinski definition) is 2. The molecule has 0 heterocycles. The van der Waals surface area contributed by atoms with E-state index in [9.17, 15) is 9.90 Å². The fraction of sp³-hybridized carbons (Fsp3) is 0.900. The Morgan fingerprint density at radius 1 is 1.53 bits per heavy atom. The summed E-state index contributed by atoms with van der Waals surface area (Å²) in [6, 6.07) is 0. The second-order valence-electron chi connectivity index (χ2n) is 4.20. The smallest absolute Gasteiger partial charge is 0.217 e. The van der Waals surface area contributed by atoms with E-state index in [2.05, 4.69) is 5.32 Å². The Morgan fingerprint density at radius 2 is 2.20 bits per heavy atom. The molecule has 1 fully saturated rings. The minimum Gasteiger partial charge on any atom is -0.394 e. The summed E-state index contributed by atoms with van der Waals surface area (Å²) in [4.78, 5) is 11.1. The Balaban J connectivity index is 2.68. The Bertz CT molecular complexity index is 242. The molecule has 15 heavy (non-hydrogen) atoms. The fourth-order valence-corrected chi connectivity index (χ4v) is 2.00. The lowest BCUT2D eigenvalue weighted by Crippen LogP contribution is -2.73. The van der Waals surface area contributed by atoms with Gasteiger partial charge in [-0.15, -0.1) is 0 Å². The topological polar surface area (TPSA) is 67.8 Å². The summed E-state index contributed by atoms with van der Waals surface area (Å²) >= 11 is 0. The van der Waals surface area contributed by atoms with E-state index in [0.717, 1.165) is 12.8 Å². The lowest BCUT2D eigenvalue weighted by atomic mass is 9.63. The largest absolute Gasteiger partial charge is 0.394 e. The third-order valence-electron chi connectivity index (χ3n) is 3.22. The van der Waals surface area contributed by atoms with Crippen LogP contribution >= 0.6 is 0 Å². The van der Waals surface area contributed by atoms with Crippen LogP contribution in [0.3, 0.4) is 0 Å². The molecule has 1 aliphatic rings. The van der Waals surface area contributed by atoms with Crippen molar-refractivity contribution in [2.75, 3.05) is 20.5 Å². The molecule has 0 aromatic heterocycles. The number of aliphatic hydroxyl groups excluding tert-OH is 1. The molecule has 0 saturated heterocycles. The molecule has 1 aliphatic carbocycles. The van der Waals surface area contributed by atoms with Crippen LogP contribution in [0.2, 0.25) is 0 Å². The van der Waals surface area contributed by atoms with Gasteiger partial charge < -0.3 is 19.9 Å². The highest BCUT2D eigenvalue weighted by atomic mass is 16.7. The zero-order valence-electron chi connectivity index (χ0n) is 9.50. The van der Waals surface area contributed by atoms with Crippen LogP contribution in [-0.2, 0) is 14.3 Å². The molecule has 88 valence electrons. The number of carbonyl (C=O) groups is 1. The van der Waals surface area contributed by atoms with Gasteiger partial charge in [0, 0.05) is 14.0 Å². The molecular formula is C10H19NO4. The Morgan fingerprint density at radius 3 is 2.53 bits per heavy atom. The predicted octanol–water partition coefficient (Wildman–Crippen LogP) is 0.0266. The van der Waals surface area contributed by atoms with E-state index in [1.54, 1.807) is 7.11 Å². The average Bonchev–Trinajstić information content (AvgIpc) is 2.20. The molecule has 5 heteroatoms. The molecule has 0 aliphatic heterocycles. The number of methoxy groups -OCH3 is 1. The molecule has 0 bridgehead atoms. The van der Waals surface area contributed by atoms with Gasteiger partial charge in [0.25, 0.3) is 0 Å². The number of nitrogens with one attached hydrogen (secondary N) is 1. The zero-order chi connectivity index (χ0) is 11.5. The summed E-state index contributed by atoms with van der Waals surface area (Å²) in [6.07, 6.45) is 1.53. The number of aliphatic hydroxyl groups is 1. The summed E-state index contributed by atoms with van der Waals surface area (Å²) < 4.78 is 10.4. The predicted molar refractivity (Wildman–Crippen MR) is 54.2 cm³/mol. The molecule has 0 unspecified atom stereocenters. The number of carbonyl (C=O) groups excluding carboxylic acids is 1. The number of amides is 1. The van der Waals surface area contributed by atoms with Crippen LogP contribution < -0.4 is 5.32 Å². The normalized spacial score (nSPS) is 34.7. The molecule has 2 N–H and O–H groups in total. The van der Waals surface area contributed by atoms with Crippen LogP contribution in [0.25, 0.3) is 0 Å². The maximum atomic E-state index is 11.1. The summed E-state index contributed by atoms with van der Waals surface area (Å²) in [5.74, 6) is -0.156. The highest BCUT2D eigenvalue weighted by Crippen LogP contribution is 2.44. The maximum absolute atomic E-state index is 11.1. The van der Waals surface area contributed by atoms with Crippen LogP contribution in [-0.4, -0.2) is 42.7 Å². The summed E-state index contributed by atoms with van der Waals surface area (Å²) in [6.45, 7) is 3.36. The fourth-order valence-electron chi connectivity index (χ4n) is 2.00. The maximum Gasteiger partial charge on any atom is 0.217 e. The van der Waals surface area contributed by atoms with E-state index in [0.29, 0.717) is 0 Å². The van der Waals surface area contributed by atoms with Crippen LogP contribution in [0, 0.1) is 0 Å². The highest BCUT2D eigenvalue weighted by Gasteiger charge is 2.57. The average molecular weight is 217 g/mol. The van der Waals surface area contributed by atoms with E-state index in [-0.39, 0.29) is 19.3 Å². The van der Waals surface area contributed by atoms with Crippen molar-refractivity contribution in [1.82, 2.24) is 5.32 Å². The lowest BCUT2D eigenvalue weighted by molar-refractivity contribution is -0.215. The van der Waals surface area contributed by atoms with Crippen molar-refractivity contribution >= 4 is 5.91 Å². The van der Waals surface area contributed by atoms with Gasteiger partial charge >= 0.3 is 0 Å². The SMILES string of the molecule is COCO[C@@]1(C)CC[C@@]1(CO)NC(C)=O. The van der Waals surface area contributed by atoms with Gasteiger partial charge in [0.1, 0.15) is 6.79 Å². The van der Waals surface area contributed by atoms with Gasteiger partial charge in [0.15, 0.2) is 0 Å². The molecule has 2 atom stereocenters. The van der Waals surface area contributed by atoms with Gasteiger partial charge in [-0.25, -0.2) is 0 Å². The van der Waals surface area contributed by atoms with Gasteiger partial charge in [-0.1, -0.05) is 0 Å². The molecule has 0 aromatic rings. The Kier molecular flexibility index (Phi) is 3.70. The first-order valence-corrected chi connectivity index (χ1v) is 5.02. The summed E-state index contributed by atoms with van der Waals surface area (Å²) in [5, 5.41) is 12.2. The first-order valence-electron chi connectivity index (χ1n) is 5.02. The van der Waals surface area contributed by atoms with Crippen molar-refractivity contribution in [2.24, 2.45) is 0 Å². The van der Waals surface area contributed by atoms with Crippen LogP contribution in [0.1, 0.15) is 26.7 Å². The standard InChI is InChI=1S/C10H19NO4/c1-8(13)11-10(6-12)5-4-9(10,2)15-7-14-3/h12H,4-7H2,1-3H3,(H,11,13)/t9-,10-/m0/s1. The second kappa shape index (κ2) is 4.47. The molecule has 0 aromatic carbocycles. The van der Waals surface area contributed by atoms with Crippen molar-refractivity contribution in [3.8, 4) is 0 Å². The summed E-state index contributed by atoms with van der Waals surface area (Å²) in [7, 11) is 1.54. The monoisotopic (exact) mass is 217 g/mol. The second-order valence-corrected chi connectivity index (χ2v) is 4.20. The first-order chi connectivity index (χ1) is 6.99. The Labute approximate surface area is 89.8 Å². The van der Waals surface area contributed by atoms with Crippen molar-refractivity contribution in [2.45, 2.75) is 37.8 Å². The third kappa shape index (κ3) is 2.14. The van der Waals surface area contributed by atoms with E-state index >= 15 is 0 Å². The van der Waals surface area contributed by atoms with Crippen molar-refractivity contribution in [1.29, 1.82) is 0 Å². The zero-order valence-corrected chi connectivity index (χ0v) is 9.50. The van der Waals surface area contributed by atoms with Gasteiger partial charge in [0.05, 0.1) is 17.7 Å². The number of ether oxygens (including phenoxy) is 2. The van der Waals surface area contributed by atoms with Gasteiger partial charge in [-0.2, -0.15) is 0 Å². The highest BCUT2D eigenvalue weighted by molar-refractivity contribution is 5.74. The van der Waals surface area contributed by atoms with Crippen LogP contribution in [0.15, 0.2) is 0 Å². The molecule has 1 amide bonds. The summed E-state index contributed by atoms with van der Waals surface area (Å²) in [5.41, 5.74) is -1.19. The van der Waals surface area contributed by atoms with Crippen LogP contribution in [0.5, 0.6) is 0 Å². The molecule has 5 nitrogen and oxygen atoms in total. The minimum absolute atomic E-state index is 0.118. The van der Waals surface area contributed by atoms with E-state index in [4.69, 9.17) is 9.47 Å². The van der Waals surface area contributed by atoms with E-state index in [1.165, 1.54) is 6.92 Å². The van der Waals surface area contributed by atoms with Gasteiger partial charge in [-0.05, 0) is 19.8 Å². The number of rotatable bonds is 5. The van der Waals surface area contributed by atoms with E-state index < -0.39 is 11.1 Å². The molecule has 1 rings (SSSR count). The van der Waals surface area contributed by atoms with Gasteiger partial charge in [0.2, 0.25) is 5.91 Å². The lowest BCUT2D eigenvalue weighted by Gasteiger charge is -2.56. The number of hydrogen-bond acceptors (Lipinski definition) is 4. The quantitative estimate of drug-likeness (QED) is 0.637. The minimum atomic E-state index is -0.655. The van der Waals surface area contributed by atoms with Crippen molar-refractivity contribution < 1.29 is 19.4 Å². The van der Waals surface area contributed by atoms with Crippen LogP contribution in [0.4, 0.5) is 0 Å². The molecule has 0 radical (unpaired) electrons. The van der Waals surface area contributed by atoms with Gasteiger partial charge in [-0.3, -0.25) is 4.79 Å². The van der Waals surface area contributed by atoms with E-state index in [1.807, 2.05) is 6.92 Å². The molecular weight excluding hydrogens is 198 g/mol. The van der Waals surface area contributed by atoms with Crippen molar-refractivity contribution in [3.63, 3.8) is 0 Å².